The molecule has 0 saturated carbocycles. The molecule has 0 atom stereocenters. The Bertz CT molecular complexity index is 1250. The number of primary amides is 1. The van der Waals surface area contributed by atoms with Gasteiger partial charge in [0, 0.05) is 76.3 Å². The Balaban J connectivity index is 0.000000224. The summed E-state index contributed by atoms with van der Waals surface area (Å²) in [7, 11) is 0. The number of nitrogens with zero attached hydrogens (tertiary/aromatic N) is 6. The van der Waals surface area contributed by atoms with Gasteiger partial charge < -0.3 is 27.0 Å². The molecule has 12 heteroatoms. The van der Waals surface area contributed by atoms with E-state index in [1.807, 2.05) is 13.0 Å². The molecular formula is C27H41N9OS2. The third-order valence-electron chi connectivity index (χ3n) is 7.45. The number of nitriles is 1. The van der Waals surface area contributed by atoms with Crippen molar-refractivity contribution in [2.75, 3.05) is 63.0 Å². The van der Waals surface area contributed by atoms with Gasteiger partial charge in [-0.2, -0.15) is 5.26 Å². The van der Waals surface area contributed by atoms with Crippen molar-refractivity contribution in [3.63, 3.8) is 0 Å². The molecule has 0 bridgehead atoms. The van der Waals surface area contributed by atoms with Crippen molar-refractivity contribution in [1.82, 2.24) is 19.7 Å². The number of nitrogens with two attached hydrogens (primary N) is 3. The van der Waals surface area contributed by atoms with E-state index in [9.17, 15) is 4.79 Å². The van der Waals surface area contributed by atoms with Crippen LogP contribution in [-0.2, 0) is 0 Å². The highest BCUT2D eigenvalue weighted by Gasteiger charge is 2.24. The molecule has 0 aromatic carbocycles. The molecule has 2 saturated heterocycles. The van der Waals surface area contributed by atoms with E-state index in [0.717, 1.165) is 74.0 Å². The first-order chi connectivity index (χ1) is 18.5. The molecule has 0 radical (unpaired) electrons. The molecule has 0 aliphatic carbocycles. The predicted molar refractivity (Wildman–Crippen MR) is 165 cm³/mol. The lowest BCUT2D eigenvalue weighted by molar-refractivity contribution is 0.100. The van der Waals surface area contributed by atoms with Crippen molar-refractivity contribution in [3.05, 3.63) is 28.4 Å². The van der Waals surface area contributed by atoms with Crippen LogP contribution in [-0.4, -0.2) is 95.0 Å². The molecule has 4 rings (SSSR count). The van der Waals surface area contributed by atoms with E-state index in [4.69, 9.17) is 34.7 Å². The van der Waals surface area contributed by atoms with Crippen molar-refractivity contribution in [3.8, 4) is 6.07 Å². The molecule has 0 spiro atoms. The van der Waals surface area contributed by atoms with Gasteiger partial charge >= 0.3 is 0 Å². The van der Waals surface area contributed by atoms with Crippen molar-refractivity contribution in [2.24, 2.45) is 11.5 Å². The summed E-state index contributed by atoms with van der Waals surface area (Å²) in [5.74, 6) is -0.490. The summed E-state index contributed by atoms with van der Waals surface area (Å²) >= 11 is 6.15. The maximum atomic E-state index is 11.5. The van der Waals surface area contributed by atoms with Crippen LogP contribution in [0.1, 0.15) is 44.3 Å². The summed E-state index contributed by atoms with van der Waals surface area (Å²) in [5, 5.41) is 9.89. The van der Waals surface area contributed by atoms with E-state index < -0.39 is 5.91 Å². The Morgan fingerprint density at radius 2 is 1.56 bits per heavy atom. The normalized spacial score (nSPS) is 17.6. The predicted octanol–water partition coefficient (Wildman–Crippen LogP) is 2.60. The minimum absolute atomic E-state index is 0.191. The fourth-order valence-electron chi connectivity index (χ4n) is 5.00. The van der Waals surface area contributed by atoms with Crippen molar-refractivity contribution >= 4 is 56.0 Å². The number of anilines is 2. The Morgan fingerprint density at radius 3 is 2.03 bits per heavy atom. The lowest BCUT2D eigenvalue weighted by Crippen LogP contribution is -2.48. The third-order valence-corrected chi connectivity index (χ3v) is 8.79. The van der Waals surface area contributed by atoms with E-state index in [-0.39, 0.29) is 4.99 Å². The fraction of sp³-hybridized carbons (Fsp3) is 0.556. The van der Waals surface area contributed by atoms with E-state index in [2.05, 4.69) is 58.3 Å². The second-order valence-corrected chi connectivity index (χ2v) is 11.8. The minimum Gasteiger partial charge on any atom is -0.397 e. The molecule has 2 aliphatic rings. The summed E-state index contributed by atoms with van der Waals surface area (Å²) in [6, 6.07) is 5.20. The minimum atomic E-state index is -0.490. The Kier molecular flexibility index (Phi) is 10.5. The zero-order valence-electron chi connectivity index (χ0n) is 23.6. The molecular weight excluding hydrogens is 530 g/mol. The van der Waals surface area contributed by atoms with Crippen LogP contribution in [0.3, 0.4) is 0 Å². The van der Waals surface area contributed by atoms with Gasteiger partial charge in [0.15, 0.2) is 0 Å². The van der Waals surface area contributed by atoms with Gasteiger partial charge in [-0.1, -0.05) is 12.2 Å². The summed E-state index contributed by atoms with van der Waals surface area (Å²) in [6.07, 6.45) is 1.77. The number of aromatic nitrogens is 1. The standard InChI is InChI=1S/C15H21N5OS.C12H20N4S/c1-9(2)19-5-7-20(8-6-19)10-3-4-18-15-11(10)12(16)13(22-15)14(17)21;1-9(2)15-4-6-16(7-5-15)10(3)11(8-13)12(14)17/h3-4,9H,5-8,16H2,1-2H3,(H2,17,21);9H,4-7H2,1-3H3,(H2,14,17)/b;11-10-. The Morgan fingerprint density at radius 1 is 1.03 bits per heavy atom. The molecule has 2 aromatic heterocycles. The molecule has 39 heavy (non-hydrogen) atoms. The zero-order chi connectivity index (χ0) is 28.9. The number of carbonyl (C=O) groups is 1. The Labute approximate surface area is 241 Å². The highest BCUT2D eigenvalue weighted by atomic mass is 32.1. The van der Waals surface area contributed by atoms with Gasteiger partial charge in [0.25, 0.3) is 5.91 Å². The largest absolute Gasteiger partial charge is 0.397 e. The molecule has 2 aliphatic heterocycles. The third kappa shape index (κ3) is 7.16. The quantitative estimate of drug-likeness (QED) is 0.269. The second-order valence-electron chi connectivity index (χ2n) is 10.4. The number of rotatable bonds is 6. The fourth-order valence-corrected chi connectivity index (χ4v) is 6.13. The number of piperazine rings is 2. The molecule has 1 amide bonds. The molecule has 212 valence electrons. The van der Waals surface area contributed by atoms with E-state index in [0.29, 0.717) is 28.2 Å². The number of thiophene rings is 1. The van der Waals surface area contributed by atoms with Gasteiger partial charge in [0.2, 0.25) is 0 Å². The summed E-state index contributed by atoms with van der Waals surface area (Å²) < 4.78 is 0. The number of pyridine rings is 1. The van der Waals surface area contributed by atoms with Crippen molar-refractivity contribution in [1.29, 1.82) is 5.26 Å². The number of fused-ring (bicyclic) bond motifs is 1. The molecule has 10 nitrogen and oxygen atoms in total. The number of allylic oxidation sites excluding steroid dienone is 1. The average molecular weight is 572 g/mol. The molecule has 0 unspecified atom stereocenters. The van der Waals surface area contributed by atoms with Crippen LogP contribution in [0.4, 0.5) is 11.4 Å². The lowest BCUT2D eigenvalue weighted by atomic mass is 10.1. The SMILES string of the molecule is C/C(=C(\C#N)C(N)=S)N1CCN(C(C)C)CC1.CC(C)N1CCN(c2ccnc3sc(C(N)=O)c(N)c23)CC1. The number of thiocarbonyl (C=S) groups is 1. The van der Waals surface area contributed by atoms with Crippen molar-refractivity contribution < 1.29 is 4.79 Å². The van der Waals surface area contributed by atoms with Crippen LogP contribution in [0.25, 0.3) is 10.2 Å². The van der Waals surface area contributed by atoms with E-state index in [1.165, 1.54) is 11.3 Å². The lowest BCUT2D eigenvalue weighted by Gasteiger charge is -2.38. The zero-order valence-corrected chi connectivity index (χ0v) is 25.2. The number of amides is 1. The summed E-state index contributed by atoms with van der Waals surface area (Å²) in [6.45, 7) is 18.6. The van der Waals surface area contributed by atoms with Gasteiger partial charge in [-0.05, 0) is 40.7 Å². The first kappa shape index (κ1) is 30.6. The molecule has 6 N–H and O–H groups in total. The number of carbonyl (C=O) groups excluding carboxylic acids is 1. The van der Waals surface area contributed by atoms with Gasteiger partial charge in [0.05, 0.1) is 16.8 Å². The number of hydrogen-bond donors (Lipinski definition) is 3. The van der Waals surface area contributed by atoms with Crippen LogP contribution in [0.2, 0.25) is 0 Å². The van der Waals surface area contributed by atoms with Crippen LogP contribution in [0, 0.1) is 11.3 Å². The average Bonchev–Trinajstić information content (AvgIpc) is 3.26. The summed E-state index contributed by atoms with van der Waals surface area (Å²) in [4.78, 5) is 26.6. The van der Waals surface area contributed by atoms with Crippen LogP contribution in [0.5, 0.6) is 0 Å². The van der Waals surface area contributed by atoms with Crippen LogP contribution < -0.4 is 22.1 Å². The topological polar surface area (TPSA) is 145 Å². The molecule has 2 fully saturated rings. The van der Waals surface area contributed by atoms with Gasteiger partial charge in [-0.25, -0.2) is 4.98 Å². The second kappa shape index (κ2) is 13.4. The van der Waals surface area contributed by atoms with Gasteiger partial charge in [-0.15, -0.1) is 11.3 Å². The highest BCUT2D eigenvalue weighted by Crippen LogP contribution is 2.38. The molecule has 2 aromatic rings. The van der Waals surface area contributed by atoms with E-state index in [1.54, 1.807) is 6.20 Å². The summed E-state index contributed by atoms with van der Waals surface area (Å²) in [5.41, 5.74) is 20.0. The van der Waals surface area contributed by atoms with Gasteiger partial charge in [0.1, 0.15) is 26.3 Å². The first-order valence-corrected chi connectivity index (χ1v) is 14.5. The van der Waals surface area contributed by atoms with E-state index >= 15 is 0 Å². The highest BCUT2D eigenvalue weighted by molar-refractivity contribution is 7.80. The first-order valence-electron chi connectivity index (χ1n) is 13.3. The number of hydrogen-bond acceptors (Lipinski definition) is 10. The maximum absolute atomic E-state index is 11.5. The Hall–Kier alpha value is -2.98. The monoisotopic (exact) mass is 571 g/mol. The molecule has 4 heterocycles. The maximum Gasteiger partial charge on any atom is 0.260 e. The smallest absolute Gasteiger partial charge is 0.260 e. The van der Waals surface area contributed by atoms with Crippen LogP contribution in [0.15, 0.2) is 23.5 Å². The van der Waals surface area contributed by atoms with Crippen LogP contribution >= 0.6 is 23.6 Å². The number of nitrogen functional groups attached to an aromatic ring is 1. The van der Waals surface area contributed by atoms with Gasteiger partial charge in [-0.3, -0.25) is 14.6 Å². The van der Waals surface area contributed by atoms with Crippen molar-refractivity contribution in [2.45, 2.75) is 46.7 Å².